The van der Waals surface area contributed by atoms with E-state index in [0.29, 0.717) is 24.6 Å². The van der Waals surface area contributed by atoms with Crippen molar-refractivity contribution in [3.05, 3.63) is 65.7 Å². The lowest BCUT2D eigenvalue weighted by Crippen LogP contribution is -2.56. The fourth-order valence-corrected chi connectivity index (χ4v) is 5.61. The van der Waals surface area contributed by atoms with E-state index < -0.39 is 10.0 Å². The van der Waals surface area contributed by atoms with E-state index in [4.69, 9.17) is 0 Å². The highest BCUT2D eigenvalue weighted by Gasteiger charge is 2.40. The molecule has 1 unspecified atom stereocenters. The summed E-state index contributed by atoms with van der Waals surface area (Å²) in [6.07, 6.45) is 3.14. The third-order valence-electron chi connectivity index (χ3n) is 5.70. The number of carbonyl (C=O) groups excluding carboxylic acids is 1. The maximum Gasteiger partial charge on any atom is 0.243 e. The van der Waals surface area contributed by atoms with Crippen LogP contribution in [0, 0.1) is 0 Å². The summed E-state index contributed by atoms with van der Waals surface area (Å²) in [7, 11) is -3.61. The smallest absolute Gasteiger partial charge is 0.243 e. The van der Waals surface area contributed by atoms with Crippen molar-refractivity contribution in [2.24, 2.45) is 0 Å². The summed E-state index contributed by atoms with van der Waals surface area (Å²) >= 11 is 0. The Morgan fingerprint density at radius 3 is 2.29 bits per heavy atom. The van der Waals surface area contributed by atoms with Crippen molar-refractivity contribution >= 4 is 15.8 Å². The zero-order valence-corrected chi connectivity index (χ0v) is 16.9. The monoisotopic (exact) mass is 398 g/mol. The van der Waals surface area contributed by atoms with Crippen LogP contribution in [-0.4, -0.2) is 55.1 Å². The average Bonchev–Trinajstić information content (AvgIpc) is 3.54. The molecule has 0 bridgehead atoms. The van der Waals surface area contributed by atoms with Crippen LogP contribution in [0.2, 0.25) is 0 Å². The highest BCUT2D eigenvalue weighted by atomic mass is 32.2. The molecule has 0 amide bonds. The molecule has 2 fully saturated rings. The molecule has 28 heavy (non-hydrogen) atoms. The zero-order chi connectivity index (χ0) is 19.7. The van der Waals surface area contributed by atoms with Gasteiger partial charge in [0.05, 0.1) is 4.90 Å². The average molecular weight is 399 g/mol. The molecule has 2 aromatic carbocycles. The minimum absolute atomic E-state index is 0.0658. The Balaban J connectivity index is 1.61. The molecule has 4 rings (SSSR count). The van der Waals surface area contributed by atoms with E-state index in [9.17, 15) is 13.2 Å². The molecule has 0 spiro atoms. The minimum Gasteiger partial charge on any atom is -0.297 e. The lowest BCUT2D eigenvalue weighted by atomic mass is 10.0. The number of hydrogen-bond acceptors (Lipinski definition) is 4. The van der Waals surface area contributed by atoms with E-state index in [1.165, 1.54) is 19.8 Å². The van der Waals surface area contributed by atoms with Gasteiger partial charge in [0.25, 0.3) is 0 Å². The topological polar surface area (TPSA) is 57.7 Å². The first-order chi connectivity index (χ1) is 13.4. The predicted octanol–water partition coefficient (Wildman–Crippen LogP) is 2.97. The molecule has 2 aromatic rings. The molecule has 2 aliphatic rings. The largest absolute Gasteiger partial charge is 0.297 e. The van der Waals surface area contributed by atoms with Gasteiger partial charge in [-0.25, -0.2) is 8.42 Å². The number of benzene rings is 2. The Labute approximate surface area is 167 Å². The van der Waals surface area contributed by atoms with Gasteiger partial charge in [0.2, 0.25) is 10.0 Å². The second-order valence-electron chi connectivity index (χ2n) is 7.77. The third kappa shape index (κ3) is 4.04. The van der Waals surface area contributed by atoms with Gasteiger partial charge in [0.1, 0.15) is 0 Å². The van der Waals surface area contributed by atoms with Crippen molar-refractivity contribution in [1.29, 1.82) is 0 Å². The van der Waals surface area contributed by atoms with Crippen LogP contribution in [0.5, 0.6) is 0 Å². The molecule has 1 saturated carbocycles. The fraction of sp³-hybridized carbons (Fsp3) is 0.409. The van der Waals surface area contributed by atoms with Crippen molar-refractivity contribution in [3.63, 3.8) is 0 Å². The Bertz CT molecular complexity index is 938. The SMILES string of the molecule is CC(=O)c1ccc(S(=O)(=O)N2CCN(C3CC3)CC2Cc2ccccc2)cc1. The number of Topliss-reactive ketones (excluding diaryl/α,β-unsaturated/α-hetero) is 1. The van der Waals surface area contributed by atoms with Crippen molar-refractivity contribution in [3.8, 4) is 0 Å². The number of nitrogens with zero attached hydrogens (tertiary/aromatic N) is 2. The van der Waals surface area contributed by atoms with Gasteiger partial charge in [-0.1, -0.05) is 42.5 Å². The Morgan fingerprint density at radius 1 is 1.00 bits per heavy atom. The summed E-state index contributed by atoms with van der Waals surface area (Å²) in [6, 6.07) is 16.9. The Morgan fingerprint density at radius 2 is 1.68 bits per heavy atom. The van der Waals surface area contributed by atoms with E-state index in [-0.39, 0.29) is 16.7 Å². The van der Waals surface area contributed by atoms with Gasteiger partial charge in [-0.2, -0.15) is 4.31 Å². The van der Waals surface area contributed by atoms with E-state index in [2.05, 4.69) is 17.0 Å². The van der Waals surface area contributed by atoms with Crippen molar-refractivity contribution < 1.29 is 13.2 Å². The molecular formula is C22H26N2O3S. The molecular weight excluding hydrogens is 372 g/mol. The predicted molar refractivity (Wildman–Crippen MR) is 109 cm³/mol. The third-order valence-corrected chi connectivity index (χ3v) is 7.67. The van der Waals surface area contributed by atoms with Crippen LogP contribution in [-0.2, 0) is 16.4 Å². The van der Waals surface area contributed by atoms with Gasteiger partial charge in [0, 0.05) is 37.3 Å². The van der Waals surface area contributed by atoms with Crippen molar-refractivity contribution in [2.45, 2.75) is 43.2 Å². The lowest BCUT2D eigenvalue weighted by Gasteiger charge is -2.41. The first kappa shape index (κ1) is 19.3. The first-order valence-electron chi connectivity index (χ1n) is 9.86. The Hall–Kier alpha value is -2.02. The summed E-state index contributed by atoms with van der Waals surface area (Å²) in [5, 5.41) is 0. The molecule has 1 saturated heterocycles. The van der Waals surface area contributed by atoms with Crippen LogP contribution in [0.1, 0.15) is 35.7 Å². The van der Waals surface area contributed by atoms with Crippen LogP contribution in [0.25, 0.3) is 0 Å². The molecule has 0 N–H and O–H groups in total. The number of carbonyl (C=O) groups is 1. The Kier molecular flexibility index (Phi) is 5.36. The summed E-state index contributed by atoms with van der Waals surface area (Å²) in [5.41, 5.74) is 1.68. The van der Waals surface area contributed by atoms with E-state index in [0.717, 1.165) is 18.7 Å². The van der Waals surface area contributed by atoms with Gasteiger partial charge in [-0.3, -0.25) is 9.69 Å². The number of piperazine rings is 1. The molecule has 1 aliphatic carbocycles. The fourth-order valence-electron chi connectivity index (χ4n) is 4.00. The highest BCUT2D eigenvalue weighted by molar-refractivity contribution is 7.89. The summed E-state index contributed by atoms with van der Waals surface area (Å²) in [6.45, 7) is 3.53. The van der Waals surface area contributed by atoms with Gasteiger partial charge in [0.15, 0.2) is 5.78 Å². The maximum absolute atomic E-state index is 13.4. The molecule has 0 aromatic heterocycles. The molecule has 5 nitrogen and oxygen atoms in total. The number of hydrogen-bond donors (Lipinski definition) is 0. The molecule has 0 radical (unpaired) electrons. The standard InChI is InChI=1S/C22H26N2O3S/c1-17(25)19-7-11-22(12-8-19)28(26,27)24-14-13-23(20-9-10-20)16-21(24)15-18-5-3-2-4-6-18/h2-8,11-12,20-21H,9-10,13-16H2,1H3. The number of sulfonamides is 1. The second kappa shape index (κ2) is 7.78. The molecule has 1 aliphatic heterocycles. The van der Waals surface area contributed by atoms with Gasteiger partial charge >= 0.3 is 0 Å². The van der Waals surface area contributed by atoms with Crippen molar-refractivity contribution in [2.75, 3.05) is 19.6 Å². The zero-order valence-electron chi connectivity index (χ0n) is 16.1. The normalized spacial score (nSPS) is 21.5. The van der Waals surface area contributed by atoms with Crippen LogP contribution >= 0.6 is 0 Å². The highest BCUT2D eigenvalue weighted by Crippen LogP contribution is 2.31. The molecule has 1 atom stereocenters. The summed E-state index contributed by atoms with van der Waals surface area (Å²) in [4.78, 5) is 14.2. The number of ketones is 1. The van der Waals surface area contributed by atoms with E-state index in [1.54, 1.807) is 28.6 Å². The van der Waals surface area contributed by atoms with Gasteiger partial charge < -0.3 is 0 Å². The van der Waals surface area contributed by atoms with Gasteiger partial charge in [-0.05, 0) is 43.9 Å². The van der Waals surface area contributed by atoms with E-state index >= 15 is 0 Å². The molecule has 1 heterocycles. The van der Waals surface area contributed by atoms with Crippen LogP contribution in [0.15, 0.2) is 59.5 Å². The molecule has 6 heteroatoms. The van der Waals surface area contributed by atoms with Crippen LogP contribution in [0.4, 0.5) is 0 Å². The summed E-state index contributed by atoms with van der Waals surface area (Å²) < 4.78 is 28.4. The quantitative estimate of drug-likeness (QED) is 0.702. The minimum atomic E-state index is -3.61. The number of rotatable bonds is 6. The van der Waals surface area contributed by atoms with E-state index in [1.807, 2.05) is 18.2 Å². The van der Waals surface area contributed by atoms with Crippen molar-refractivity contribution in [1.82, 2.24) is 9.21 Å². The van der Waals surface area contributed by atoms with Crippen LogP contribution in [0.3, 0.4) is 0 Å². The van der Waals surface area contributed by atoms with Crippen LogP contribution < -0.4 is 0 Å². The summed E-state index contributed by atoms with van der Waals surface area (Å²) in [5.74, 6) is -0.0658. The second-order valence-corrected chi connectivity index (χ2v) is 9.66. The lowest BCUT2D eigenvalue weighted by molar-refractivity contribution is 0.101. The maximum atomic E-state index is 13.4. The first-order valence-corrected chi connectivity index (χ1v) is 11.3. The van der Waals surface area contributed by atoms with Gasteiger partial charge in [-0.15, -0.1) is 0 Å². The molecule has 148 valence electrons.